The number of thiophene rings is 1. The van der Waals surface area contributed by atoms with Gasteiger partial charge in [0.05, 0.1) is 22.8 Å². The molecule has 0 aromatic carbocycles. The topological polar surface area (TPSA) is 87.7 Å². The number of esters is 1. The highest BCUT2D eigenvalue weighted by Gasteiger charge is 2.26. The minimum atomic E-state index is -0.567. The zero-order valence-electron chi connectivity index (χ0n) is 16.1. The number of nitrogens with zero attached hydrogens (tertiary/aromatic N) is 1. The molecule has 7 nitrogen and oxygen atoms in total. The van der Waals surface area contributed by atoms with Crippen molar-refractivity contribution < 1.29 is 19.1 Å². The molecule has 1 aromatic heterocycles. The maximum atomic E-state index is 12.4. The van der Waals surface area contributed by atoms with Gasteiger partial charge in [0.2, 0.25) is 5.91 Å². The lowest BCUT2D eigenvalue weighted by Gasteiger charge is -2.20. The third-order valence-electron chi connectivity index (χ3n) is 3.66. The van der Waals surface area contributed by atoms with Gasteiger partial charge in [-0.3, -0.25) is 9.59 Å². The van der Waals surface area contributed by atoms with Crippen molar-refractivity contribution in [1.29, 1.82) is 0 Å². The lowest BCUT2D eigenvalue weighted by atomic mass is 10.1. The van der Waals surface area contributed by atoms with Crippen molar-refractivity contribution in [2.75, 3.05) is 37.8 Å². The Hall–Kier alpha value is -1.65. The molecule has 0 aliphatic rings. The van der Waals surface area contributed by atoms with Gasteiger partial charge in [-0.05, 0) is 33.3 Å². The SMILES string of the molecule is CCOC(=O)c1c(NC(=O)CSC(=S)N(CC)CC)sc(C(=O)NC)c1C. The van der Waals surface area contributed by atoms with Gasteiger partial charge in [-0.1, -0.05) is 24.0 Å². The lowest BCUT2D eigenvalue weighted by molar-refractivity contribution is -0.113. The molecule has 0 spiro atoms. The Labute approximate surface area is 173 Å². The van der Waals surface area contributed by atoms with Gasteiger partial charge >= 0.3 is 5.97 Å². The van der Waals surface area contributed by atoms with E-state index < -0.39 is 5.97 Å². The van der Waals surface area contributed by atoms with E-state index in [4.69, 9.17) is 17.0 Å². The van der Waals surface area contributed by atoms with Crippen LogP contribution in [0.15, 0.2) is 0 Å². The fourth-order valence-corrected chi connectivity index (χ4v) is 4.60. The first-order chi connectivity index (χ1) is 12.8. The molecule has 0 aliphatic carbocycles. The highest BCUT2D eigenvalue weighted by Crippen LogP contribution is 2.34. The monoisotopic (exact) mass is 431 g/mol. The smallest absolute Gasteiger partial charge is 0.341 e. The first-order valence-corrected chi connectivity index (χ1v) is 10.8. The van der Waals surface area contributed by atoms with E-state index in [-0.39, 0.29) is 29.7 Å². The summed E-state index contributed by atoms with van der Waals surface area (Å²) in [5.41, 5.74) is 0.699. The molecule has 1 heterocycles. The van der Waals surface area contributed by atoms with Gasteiger partial charge in [0.15, 0.2) is 0 Å². The van der Waals surface area contributed by atoms with Gasteiger partial charge in [0.25, 0.3) is 5.91 Å². The van der Waals surface area contributed by atoms with E-state index in [1.807, 2.05) is 18.7 Å². The normalized spacial score (nSPS) is 10.3. The van der Waals surface area contributed by atoms with E-state index in [1.54, 1.807) is 13.8 Å². The second-order valence-electron chi connectivity index (χ2n) is 5.33. The van der Waals surface area contributed by atoms with E-state index in [9.17, 15) is 14.4 Å². The number of amides is 2. The maximum Gasteiger partial charge on any atom is 0.341 e. The Balaban J connectivity index is 2.97. The van der Waals surface area contributed by atoms with Crippen molar-refractivity contribution in [2.24, 2.45) is 0 Å². The number of carbonyl (C=O) groups is 3. The first-order valence-electron chi connectivity index (χ1n) is 8.54. The van der Waals surface area contributed by atoms with Crippen LogP contribution in [0.3, 0.4) is 0 Å². The molecule has 0 fully saturated rings. The Morgan fingerprint density at radius 1 is 1.22 bits per heavy atom. The van der Waals surface area contributed by atoms with Crippen molar-refractivity contribution in [3.8, 4) is 0 Å². The van der Waals surface area contributed by atoms with Crippen molar-refractivity contribution in [1.82, 2.24) is 10.2 Å². The molecule has 1 rings (SSSR count). The van der Waals surface area contributed by atoms with E-state index >= 15 is 0 Å². The van der Waals surface area contributed by atoms with Crippen LogP contribution in [-0.2, 0) is 9.53 Å². The zero-order chi connectivity index (χ0) is 20.6. The van der Waals surface area contributed by atoms with Gasteiger partial charge < -0.3 is 20.3 Å². The molecular weight excluding hydrogens is 406 g/mol. The quantitative estimate of drug-likeness (QED) is 0.483. The Kier molecular flexibility index (Phi) is 9.75. The van der Waals surface area contributed by atoms with E-state index in [0.29, 0.717) is 19.8 Å². The van der Waals surface area contributed by atoms with Crippen LogP contribution >= 0.6 is 35.3 Å². The molecule has 1 aromatic rings. The van der Waals surface area contributed by atoms with Crippen LogP contribution in [0.5, 0.6) is 0 Å². The molecular formula is C17H25N3O4S3. The lowest BCUT2D eigenvalue weighted by Crippen LogP contribution is -2.28. The van der Waals surface area contributed by atoms with E-state index in [0.717, 1.165) is 24.4 Å². The zero-order valence-corrected chi connectivity index (χ0v) is 18.6. The van der Waals surface area contributed by atoms with E-state index in [1.165, 1.54) is 18.8 Å². The molecule has 150 valence electrons. The highest BCUT2D eigenvalue weighted by molar-refractivity contribution is 8.23. The predicted molar refractivity (Wildman–Crippen MR) is 115 cm³/mol. The minimum Gasteiger partial charge on any atom is -0.462 e. The largest absolute Gasteiger partial charge is 0.462 e. The summed E-state index contributed by atoms with van der Waals surface area (Å²) in [5, 5.41) is 5.56. The minimum absolute atomic E-state index is 0.115. The summed E-state index contributed by atoms with van der Waals surface area (Å²) < 4.78 is 5.72. The predicted octanol–water partition coefficient (Wildman–Crippen LogP) is 2.89. The number of rotatable bonds is 8. The maximum absolute atomic E-state index is 12.4. The van der Waals surface area contributed by atoms with Gasteiger partial charge in [-0.25, -0.2) is 4.79 Å². The first kappa shape index (κ1) is 23.4. The Morgan fingerprint density at radius 2 is 1.85 bits per heavy atom. The average Bonchev–Trinajstić information content (AvgIpc) is 2.96. The van der Waals surface area contributed by atoms with Crippen molar-refractivity contribution in [2.45, 2.75) is 27.7 Å². The molecule has 0 saturated carbocycles. The second kappa shape index (κ2) is 11.3. The fourth-order valence-electron chi connectivity index (χ4n) is 2.24. The number of hydrogen-bond acceptors (Lipinski definition) is 7. The number of anilines is 1. The number of hydrogen-bond donors (Lipinski definition) is 2. The molecule has 0 unspecified atom stereocenters. The molecule has 27 heavy (non-hydrogen) atoms. The highest BCUT2D eigenvalue weighted by atomic mass is 32.2. The molecule has 2 amide bonds. The van der Waals surface area contributed by atoms with Gasteiger partial charge in [0.1, 0.15) is 9.32 Å². The number of carbonyl (C=O) groups excluding carboxylic acids is 3. The average molecular weight is 432 g/mol. The van der Waals surface area contributed by atoms with Crippen LogP contribution in [0.1, 0.15) is 46.4 Å². The van der Waals surface area contributed by atoms with Crippen molar-refractivity contribution in [3.63, 3.8) is 0 Å². The van der Waals surface area contributed by atoms with Gasteiger partial charge in [-0.2, -0.15) is 0 Å². The van der Waals surface area contributed by atoms with E-state index in [2.05, 4.69) is 10.6 Å². The summed E-state index contributed by atoms with van der Waals surface area (Å²) in [7, 11) is 1.51. The number of thioether (sulfide) groups is 1. The summed E-state index contributed by atoms with van der Waals surface area (Å²) in [5.74, 6) is -1.07. The second-order valence-corrected chi connectivity index (χ2v) is 7.96. The third-order valence-corrected chi connectivity index (χ3v) is 6.39. The molecule has 10 heteroatoms. The van der Waals surface area contributed by atoms with Crippen molar-refractivity contribution >= 4 is 62.4 Å². The summed E-state index contributed by atoms with van der Waals surface area (Å²) in [4.78, 5) is 39.0. The van der Waals surface area contributed by atoms with Gasteiger partial charge in [-0.15, -0.1) is 11.3 Å². The number of thiocarbonyl (C=S) groups is 1. The number of nitrogens with one attached hydrogen (secondary N) is 2. The van der Waals surface area contributed by atoms with Crippen LogP contribution in [0.25, 0.3) is 0 Å². The van der Waals surface area contributed by atoms with Crippen molar-refractivity contribution in [3.05, 3.63) is 16.0 Å². The standard InChI is InChI=1S/C17H25N3O4S3/c1-6-20(7-2)17(25)26-9-11(21)19-15-12(16(23)24-8-3)10(4)13(27-15)14(22)18-5/h6-9H2,1-5H3,(H,18,22)(H,19,21). The third kappa shape index (κ3) is 6.18. The summed E-state index contributed by atoms with van der Waals surface area (Å²) >= 11 is 7.63. The fraction of sp³-hybridized carbons (Fsp3) is 0.529. The van der Waals surface area contributed by atoms with Crippen LogP contribution in [0.4, 0.5) is 5.00 Å². The molecule has 0 atom stereocenters. The summed E-state index contributed by atoms with van der Waals surface area (Å²) in [6, 6.07) is 0. The summed E-state index contributed by atoms with van der Waals surface area (Å²) in [6.45, 7) is 9.10. The summed E-state index contributed by atoms with van der Waals surface area (Å²) in [6.07, 6.45) is 0. The van der Waals surface area contributed by atoms with Crippen LogP contribution in [0, 0.1) is 6.92 Å². The number of ether oxygens (including phenoxy) is 1. The molecule has 0 radical (unpaired) electrons. The molecule has 0 bridgehead atoms. The molecule has 0 aliphatic heterocycles. The van der Waals surface area contributed by atoms with Crippen LogP contribution in [0.2, 0.25) is 0 Å². The molecule has 2 N–H and O–H groups in total. The Bertz CT molecular complexity index is 715. The van der Waals surface area contributed by atoms with Gasteiger partial charge in [0, 0.05) is 20.1 Å². The molecule has 0 saturated heterocycles. The van der Waals surface area contributed by atoms with Crippen LogP contribution < -0.4 is 10.6 Å². The van der Waals surface area contributed by atoms with Crippen LogP contribution in [-0.4, -0.2) is 59.5 Å². The Morgan fingerprint density at radius 3 is 2.37 bits per heavy atom.